The van der Waals surface area contributed by atoms with Crippen LogP contribution in [0.15, 0.2) is 23.4 Å². The fourth-order valence-corrected chi connectivity index (χ4v) is 1.65. The third kappa shape index (κ3) is 1.79. The van der Waals surface area contributed by atoms with Crippen LogP contribution >= 0.6 is 0 Å². The topological polar surface area (TPSA) is 46.5 Å². The molecule has 1 saturated carbocycles. The molecular formula is C11H10FNO2. The zero-order valence-corrected chi connectivity index (χ0v) is 8.07. The first-order valence-electron chi connectivity index (χ1n) is 4.89. The molecule has 0 heterocycles. The highest BCUT2D eigenvalue weighted by Crippen LogP contribution is 2.31. The molecule has 15 heavy (non-hydrogen) atoms. The summed E-state index contributed by atoms with van der Waals surface area (Å²) in [6, 6.07) is 3.70. The van der Waals surface area contributed by atoms with Gasteiger partial charge in [-0.3, -0.25) is 4.79 Å². The molecular weight excluding hydrogens is 197 g/mol. The van der Waals surface area contributed by atoms with Gasteiger partial charge in [-0.15, -0.1) is 4.91 Å². The van der Waals surface area contributed by atoms with E-state index in [0.29, 0.717) is 0 Å². The summed E-state index contributed by atoms with van der Waals surface area (Å²) >= 11 is 0. The molecule has 0 aromatic heterocycles. The summed E-state index contributed by atoms with van der Waals surface area (Å²) in [4.78, 5) is 21.8. The molecule has 1 aliphatic rings. The molecule has 2 rings (SSSR count). The summed E-state index contributed by atoms with van der Waals surface area (Å²) < 4.78 is 13.4. The number of halogens is 1. The van der Waals surface area contributed by atoms with E-state index in [-0.39, 0.29) is 23.0 Å². The number of hydrogen-bond acceptors (Lipinski definition) is 3. The second-order valence-corrected chi connectivity index (χ2v) is 3.75. The molecule has 1 aromatic rings. The highest BCUT2D eigenvalue weighted by atomic mass is 19.1. The van der Waals surface area contributed by atoms with Crippen LogP contribution in [0.3, 0.4) is 0 Å². The SMILES string of the molecule is O=Nc1ccc(C(=O)C2CCC2)c(F)c1. The number of Topliss-reactive ketones (excluding diaryl/α,β-unsaturated/α-hetero) is 1. The monoisotopic (exact) mass is 207 g/mol. The highest BCUT2D eigenvalue weighted by Gasteiger charge is 2.27. The van der Waals surface area contributed by atoms with Crippen molar-refractivity contribution in [3.8, 4) is 0 Å². The van der Waals surface area contributed by atoms with E-state index in [9.17, 15) is 14.1 Å². The molecule has 0 N–H and O–H groups in total. The number of hydrogen-bond donors (Lipinski definition) is 0. The smallest absolute Gasteiger partial charge is 0.168 e. The van der Waals surface area contributed by atoms with Gasteiger partial charge < -0.3 is 0 Å². The Morgan fingerprint density at radius 2 is 2.13 bits per heavy atom. The Labute approximate surface area is 86.3 Å². The van der Waals surface area contributed by atoms with Crippen LogP contribution in [-0.4, -0.2) is 5.78 Å². The zero-order chi connectivity index (χ0) is 10.8. The first-order valence-corrected chi connectivity index (χ1v) is 4.89. The van der Waals surface area contributed by atoms with Crippen molar-refractivity contribution < 1.29 is 9.18 Å². The van der Waals surface area contributed by atoms with Gasteiger partial charge in [-0.05, 0) is 30.2 Å². The van der Waals surface area contributed by atoms with Crippen molar-refractivity contribution >= 4 is 11.5 Å². The Morgan fingerprint density at radius 1 is 1.40 bits per heavy atom. The van der Waals surface area contributed by atoms with E-state index in [2.05, 4.69) is 5.18 Å². The maximum Gasteiger partial charge on any atom is 0.168 e. The van der Waals surface area contributed by atoms with Crippen molar-refractivity contribution in [2.24, 2.45) is 11.1 Å². The molecule has 78 valence electrons. The van der Waals surface area contributed by atoms with E-state index in [4.69, 9.17) is 0 Å². The van der Waals surface area contributed by atoms with E-state index in [1.807, 2.05) is 0 Å². The number of carbonyl (C=O) groups excluding carboxylic acids is 1. The molecule has 0 atom stereocenters. The normalized spacial score (nSPS) is 15.8. The number of nitrogens with zero attached hydrogens (tertiary/aromatic N) is 1. The Kier molecular flexibility index (Phi) is 2.58. The van der Waals surface area contributed by atoms with Crippen LogP contribution in [0.25, 0.3) is 0 Å². The first-order chi connectivity index (χ1) is 7.22. The summed E-state index contributed by atoms with van der Waals surface area (Å²) in [5, 5.41) is 2.61. The van der Waals surface area contributed by atoms with E-state index >= 15 is 0 Å². The predicted molar refractivity (Wildman–Crippen MR) is 53.5 cm³/mol. The summed E-state index contributed by atoms with van der Waals surface area (Å²) in [6.45, 7) is 0. The van der Waals surface area contributed by atoms with Crippen LogP contribution < -0.4 is 0 Å². The second kappa shape index (κ2) is 3.88. The number of carbonyl (C=O) groups is 1. The molecule has 0 spiro atoms. The molecule has 0 saturated heterocycles. The van der Waals surface area contributed by atoms with Crippen LogP contribution in [0.4, 0.5) is 10.1 Å². The molecule has 1 aliphatic carbocycles. The number of ketones is 1. The van der Waals surface area contributed by atoms with Crippen molar-refractivity contribution in [2.75, 3.05) is 0 Å². The van der Waals surface area contributed by atoms with Crippen molar-refractivity contribution in [3.63, 3.8) is 0 Å². The minimum Gasteiger partial charge on any atom is -0.294 e. The van der Waals surface area contributed by atoms with Crippen molar-refractivity contribution in [1.82, 2.24) is 0 Å². The van der Waals surface area contributed by atoms with Gasteiger partial charge in [0, 0.05) is 12.0 Å². The third-order valence-corrected chi connectivity index (χ3v) is 2.80. The molecule has 0 unspecified atom stereocenters. The summed E-state index contributed by atoms with van der Waals surface area (Å²) in [5.41, 5.74) is 0.0877. The fourth-order valence-electron chi connectivity index (χ4n) is 1.65. The molecule has 3 nitrogen and oxygen atoms in total. The second-order valence-electron chi connectivity index (χ2n) is 3.75. The van der Waals surface area contributed by atoms with Crippen molar-refractivity contribution in [2.45, 2.75) is 19.3 Å². The molecule has 0 amide bonds. The van der Waals surface area contributed by atoms with E-state index in [1.165, 1.54) is 12.1 Å². The highest BCUT2D eigenvalue weighted by molar-refractivity contribution is 5.98. The maximum absolute atomic E-state index is 13.4. The van der Waals surface area contributed by atoms with Crippen LogP contribution in [0, 0.1) is 16.6 Å². The molecule has 0 bridgehead atoms. The fraction of sp³-hybridized carbons (Fsp3) is 0.364. The predicted octanol–water partition coefficient (Wildman–Crippen LogP) is 3.21. The van der Waals surface area contributed by atoms with Crippen LogP contribution in [0.5, 0.6) is 0 Å². The average molecular weight is 207 g/mol. The van der Waals surface area contributed by atoms with Crippen LogP contribution in [0.2, 0.25) is 0 Å². The first kappa shape index (κ1) is 9.96. The lowest BCUT2D eigenvalue weighted by atomic mass is 9.80. The molecule has 1 aromatic carbocycles. The quantitative estimate of drug-likeness (QED) is 0.564. The van der Waals surface area contributed by atoms with Gasteiger partial charge in [-0.25, -0.2) is 4.39 Å². The van der Waals surface area contributed by atoms with Gasteiger partial charge in [0.2, 0.25) is 0 Å². The maximum atomic E-state index is 13.4. The lowest BCUT2D eigenvalue weighted by Gasteiger charge is -2.23. The Balaban J connectivity index is 2.27. The molecule has 0 aliphatic heterocycles. The minimum atomic E-state index is -0.649. The summed E-state index contributed by atoms with van der Waals surface area (Å²) in [6.07, 6.45) is 2.71. The number of rotatable bonds is 3. The molecule has 4 heteroatoms. The van der Waals surface area contributed by atoms with Gasteiger partial charge in [0.15, 0.2) is 5.78 Å². The van der Waals surface area contributed by atoms with Crippen LogP contribution in [0.1, 0.15) is 29.6 Å². The Bertz CT molecular complexity index is 413. The van der Waals surface area contributed by atoms with E-state index in [0.717, 1.165) is 25.3 Å². The Morgan fingerprint density at radius 3 is 2.60 bits per heavy atom. The van der Waals surface area contributed by atoms with Gasteiger partial charge in [-0.1, -0.05) is 6.42 Å². The Hall–Kier alpha value is -1.58. The van der Waals surface area contributed by atoms with Gasteiger partial charge >= 0.3 is 0 Å². The van der Waals surface area contributed by atoms with Gasteiger partial charge in [0.05, 0.1) is 5.56 Å². The van der Waals surface area contributed by atoms with Crippen molar-refractivity contribution in [3.05, 3.63) is 34.5 Å². The van der Waals surface area contributed by atoms with Crippen LogP contribution in [-0.2, 0) is 0 Å². The zero-order valence-electron chi connectivity index (χ0n) is 8.07. The lowest BCUT2D eigenvalue weighted by Crippen LogP contribution is -2.22. The van der Waals surface area contributed by atoms with E-state index < -0.39 is 5.82 Å². The molecule has 1 fully saturated rings. The summed E-state index contributed by atoms with van der Waals surface area (Å²) in [7, 11) is 0. The van der Waals surface area contributed by atoms with Gasteiger partial charge in [0.25, 0.3) is 0 Å². The number of nitroso groups, excluding NO2 is 1. The lowest BCUT2D eigenvalue weighted by molar-refractivity contribution is 0.0851. The number of benzene rings is 1. The van der Waals surface area contributed by atoms with Crippen molar-refractivity contribution in [1.29, 1.82) is 0 Å². The average Bonchev–Trinajstić information content (AvgIpc) is 2.14. The summed E-state index contributed by atoms with van der Waals surface area (Å²) in [5.74, 6) is -0.838. The van der Waals surface area contributed by atoms with Gasteiger partial charge in [-0.2, -0.15) is 0 Å². The van der Waals surface area contributed by atoms with E-state index in [1.54, 1.807) is 0 Å². The minimum absolute atomic E-state index is 0.0117. The third-order valence-electron chi connectivity index (χ3n) is 2.80. The van der Waals surface area contributed by atoms with Gasteiger partial charge in [0.1, 0.15) is 11.5 Å². The molecule has 0 radical (unpaired) electrons. The standard InChI is InChI=1S/C11H10FNO2/c12-10-6-8(13-15)4-5-9(10)11(14)7-2-1-3-7/h4-7H,1-3H2. The largest absolute Gasteiger partial charge is 0.294 e.